The van der Waals surface area contributed by atoms with Crippen LogP contribution in [0.4, 0.5) is 5.69 Å². The van der Waals surface area contributed by atoms with Gasteiger partial charge >= 0.3 is 0 Å². The van der Waals surface area contributed by atoms with E-state index in [0.29, 0.717) is 22.6 Å². The quantitative estimate of drug-likeness (QED) is 0.862. The first-order chi connectivity index (χ1) is 9.66. The largest absolute Gasteiger partial charge is 0.397 e. The highest BCUT2D eigenvalue weighted by atomic mass is 35.5. The van der Waals surface area contributed by atoms with Crippen LogP contribution in [0.2, 0.25) is 5.02 Å². The SMILES string of the molecule is CC1CCC(n2nnnc2-c2cccc(Cl)c2N)CC1. The molecule has 1 heterocycles. The van der Waals surface area contributed by atoms with Crippen LogP contribution in [0.1, 0.15) is 38.6 Å². The minimum absolute atomic E-state index is 0.356. The molecule has 3 rings (SSSR count). The molecule has 1 aromatic heterocycles. The Morgan fingerprint density at radius 1 is 1.25 bits per heavy atom. The highest BCUT2D eigenvalue weighted by Gasteiger charge is 2.24. The smallest absolute Gasteiger partial charge is 0.184 e. The lowest BCUT2D eigenvalue weighted by Crippen LogP contribution is -2.19. The van der Waals surface area contributed by atoms with Gasteiger partial charge in [-0.25, -0.2) is 4.68 Å². The molecular formula is C14H18ClN5. The first-order valence-corrected chi connectivity index (χ1v) is 7.37. The van der Waals surface area contributed by atoms with Gasteiger partial charge in [0.2, 0.25) is 0 Å². The van der Waals surface area contributed by atoms with Crippen molar-refractivity contribution in [3.8, 4) is 11.4 Å². The molecule has 0 aliphatic heterocycles. The van der Waals surface area contributed by atoms with Gasteiger partial charge in [-0.2, -0.15) is 0 Å². The lowest BCUT2D eigenvalue weighted by Gasteiger charge is -2.26. The van der Waals surface area contributed by atoms with Crippen LogP contribution in [0.25, 0.3) is 11.4 Å². The number of benzene rings is 1. The molecule has 20 heavy (non-hydrogen) atoms. The number of para-hydroxylation sites is 1. The summed E-state index contributed by atoms with van der Waals surface area (Å²) < 4.78 is 1.91. The van der Waals surface area contributed by atoms with Gasteiger partial charge in [0.1, 0.15) is 0 Å². The number of tetrazole rings is 1. The predicted molar refractivity (Wildman–Crippen MR) is 79.3 cm³/mol. The van der Waals surface area contributed by atoms with E-state index in [4.69, 9.17) is 17.3 Å². The molecule has 2 N–H and O–H groups in total. The van der Waals surface area contributed by atoms with Crippen LogP contribution in [0.3, 0.4) is 0 Å². The van der Waals surface area contributed by atoms with Gasteiger partial charge in [-0.1, -0.05) is 24.6 Å². The summed E-state index contributed by atoms with van der Waals surface area (Å²) in [6, 6.07) is 5.91. The van der Waals surface area contributed by atoms with E-state index in [2.05, 4.69) is 22.4 Å². The Morgan fingerprint density at radius 2 is 2.00 bits per heavy atom. The topological polar surface area (TPSA) is 69.6 Å². The van der Waals surface area contributed by atoms with E-state index >= 15 is 0 Å². The first-order valence-electron chi connectivity index (χ1n) is 6.99. The Kier molecular flexibility index (Phi) is 3.61. The summed E-state index contributed by atoms with van der Waals surface area (Å²) in [6.07, 6.45) is 4.66. The lowest BCUT2D eigenvalue weighted by atomic mass is 9.87. The van der Waals surface area contributed by atoms with Gasteiger partial charge in [0, 0.05) is 5.56 Å². The molecule has 2 aromatic rings. The Hall–Kier alpha value is -1.62. The zero-order valence-electron chi connectivity index (χ0n) is 11.5. The van der Waals surface area contributed by atoms with Gasteiger partial charge in [-0.05, 0) is 54.2 Å². The molecule has 0 radical (unpaired) electrons. The molecule has 0 spiro atoms. The number of aromatic nitrogens is 4. The van der Waals surface area contributed by atoms with Gasteiger partial charge < -0.3 is 5.73 Å². The number of halogens is 1. The molecule has 0 saturated heterocycles. The Labute approximate surface area is 123 Å². The highest BCUT2D eigenvalue weighted by molar-refractivity contribution is 6.33. The van der Waals surface area contributed by atoms with Crippen molar-refractivity contribution in [1.29, 1.82) is 0 Å². The Bertz CT molecular complexity index is 601. The number of nitrogen functional groups attached to an aromatic ring is 1. The van der Waals surface area contributed by atoms with E-state index in [1.807, 2.05) is 16.8 Å². The molecule has 1 fully saturated rings. The van der Waals surface area contributed by atoms with Crippen LogP contribution in [0, 0.1) is 5.92 Å². The molecule has 1 aliphatic carbocycles. The average molecular weight is 292 g/mol. The fraction of sp³-hybridized carbons (Fsp3) is 0.500. The number of anilines is 1. The van der Waals surface area contributed by atoms with Crippen LogP contribution >= 0.6 is 11.6 Å². The van der Waals surface area contributed by atoms with Crippen molar-refractivity contribution < 1.29 is 0 Å². The lowest BCUT2D eigenvalue weighted by molar-refractivity contribution is 0.272. The molecule has 1 aromatic carbocycles. The molecule has 1 aliphatic rings. The van der Waals surface area contributed by atoms with E-state index in [-0.39, 0.29) is 0 Å². The summed E-state index contributed by atoms with van der Waals surface area (Å²) in [5.74, 6) is 1.51. The van der Waals surface area contributed by atoms with Crippen LogP contribution < -0.4 is 5.73 Å². The van der Waals surface area contributed by atoms with Gasteiger partial charge in [0.05, 0.1) is 16.8 Å². The molecule has 0 amide bonds. The second kappa shape index (κ2) is 5.40. The first kappa shape index (κ1) is 13.4. The normalized spacial score (nSPS) is 22.9. The Morgan fingerprint density at radius 3 is 2.75 bits per heavy atom. The zero-order chi connectivity index (χ0) is 14.1. The number of rotatable bonds is 2. The van der Waals surface area contributed by atoms with E-state index in [9.17, 15) is 0 Å². The van der Waals surface area contributed by atoms with Crippen LogP contribution in [-0.4, -0.2) is 20.2 Å². The van der Waals surface area contributed by atoms with Crippen LogP contribution in [-0.2, 0) is 0 Å². The van der Waals surface area contributed by atoms with Crippen molar-refractivity contribution in [3.05, 3.63) is 23.2 Å². The third-order valence-corrected chi connectivity index (χ3v) is 4.45. The molecule has 0 atom stereocenters. The molecule has 106 valence electrons. The monoisotopic (exact) mass is 291 g/mol. The molecule has 0 unspecified atom stereocenters. The van der Waals surface area contributed by atoms with Crippen molar-refractivity contribution in [2.75, 3.05) is 5.73 Å². The van der Waals surface area contributed by atoms with E-state index in [0.717, 1.165) is 24.3 Å². The highest BCUT2D eigenvalue weighted by Crippen LogP contribution is 2.35. The number of hydrogen-bond acceptors (Lipinski definition) is 4. The summed E-state index contributed by atoms with van der Waals surface area (Å²) >= 11 is 6.09. The van der Waals surface area contributed by atoms with E-state index in [1.54, 1.807) is 6.07 Å². The van der Waals surface area contributed by atoms with Crippen molar-refractivity contribution in [2.45, 2.75) is 38.6 Å². The number of hydrogen-bond donors (Lipinski definition) is 1. The molecule has 6 heteroatoms. The minimum atomic E-state index is 0.356. The maximum Gasteiger partial charge on any atom is 0.184 e. The van der Waals surface area contributed by atoms with Crippen molar-refractivity contribution in [2.24, 2.45) is 5.92 Å². The van der Waals surface area contributed by atoms with Crippen LogP contribution in [0.5, 0.6) is 0 Å². The van der Waals surface area contributed by atoms with E-state index < -0.39 is 0 Å². The summed E-state index contributed by atoms with van der Waals surface area (Å²) in [7, 11) is 0. The summed E-state index contributed by atoms with van der Waals surface area (Å²) in [5, 5.41) is 12.7. The minimum Gasteiger partial charge on any atom is -0.397 e. The van der Waals surface area contributed by atoms with Crippen LogP contribution in [0.15, 0.2) is 18.2 Å². The standard InChI is InChI=1S/C14H18ClN5/c1-9-5-7-10(8-6-9)20-14(17-18-19-20)11-3-2-4-12(15)13(11)16/h2-4,9-10H,5-8,16H2,1H3. The molecule has 5 nitrogen and oxygen atoms in total. The fourth-order valence-electron chi connectivity index (χ4n) is 2.84. The maximum atomic E-state index is 6.09. The summed E-state index contributed by atoms with van der Waals surface area (Å²) in [6.45, 7) is 2.30. The van der Waals surface area contributed by atoms with Gasteiger partial charge in [-0.15, -0.1) is 5.10 Å². The van der Waals surface area contributed by atoms with Crippen molar-refractivity contribution in [3.63, 3.8) is 0 Å². The van der Waals surface area contributed by atoms with Gasteiger partial charge in [0.15, 0.2) is 5.82 Å². The molecule has 0 bridgehead atoms. The second-order valence-electron chi connectivity index (χ2n) is 5.56. The predicted octanol–water partition coefficient (Wildman–Crippen LogP) is 3.33. The van der Waals surface area contributed by atoms with Gasteiger partial charge in [-0.3, -0.25) is 0 Å². The zero-order valence-corrected chi connectivity index (χ0v) is 12.2. The average Bonchev–Trinajstić information content (AvgIpc) is 2.92. The molecule has 1 saturated carbocycles. The fourth-order valence-corrected chi connectivity index (χ4v) is 3.01. The molecular weight excluding hydrogens is 274 g/mol. The van der Waals surface area contributed by atoms with Crippen molar-refractivity contribution in [1.82, 2.24) is 20.2 Å². The van der Waals surface area contributed by atoms with Crippen molar-refractivity contribution >= 4 is 17.3 Å². The van der Waals surface area contributed by atoms with E-state index in [1.165, 1.54) is 12.8 Å². The number of nitrogens with two attached hydrogens (primary N) is 1. The second-order valence-corrected chi connectivity index (χ2v) is 5.97. The third-order valence-electron chi connectivity index (χ3n) is 4.12. The Balaban J connectivity index is 1.96. The summed E-state index contributed by atoms with van der Waals surface area (Å²) in [4.78, 5) is 0. The number of nitrogens with zero attached hydrogens (tertiary/aromatic N) is 4. The third kappa shape index (κ3) is 2.38. The summed E-state index contributed by atoms with van der Waals surface area (Å²) in [5.41, 5.74) is 7.40. The van der Waals surface area contributed by atoms with Gasteiger partial charge in [0.25, 0.3) is 0 Å². The maximum absolute atomic E-state index is 6.09.